The van der Waals surface area contributed by atoms with E-state index in [4.69, 9.17) is 15.7 Å². The van der Waals surface area contributed by atoms with Crippen molar-refractivity contribution in [1.29, 1.82) is 0 Å². The zero-order chi connectivity index (χ0) is 8.10. The van der Waals surface area contributed by atoms with Crippen molar-refractivity contribution in [2.45, 2.75) is 19.3 Å². The molecular weight excluding hydrogens is 144 g/mol. The Morgan fingerprint density at radius 2 is 2.27 bits per heavy atom. The molecule has 0 aromatic carbocycles. The first-order chi connectivity index (χ1) is 5.34. The molecule has 4 nitrogen and oxygen atoms in total. The molecule has 0 bridgehead atoms. The average Bonchev–Trinajstić information content (AvgIpc) is 2.30. The van der Waals surface area contributed by atoms with Gasteiger partial charge < -0.3 is 15.7 Å². The van der Waals surface area contributed by atoms with E-state index < -0.39 is 0 Å². The summed E-state index contributed by atoms with van der Waals surface area (Å²) in [5, 5.41) is 11.4. The molecule has 0 saturated carbocycles. The summed E-state index contributed by atoms with van der Waals surface area (Å²) in [6.45, 7) is 1.52. The SMILES string of the molecule is N/C(=N\O)C1CCCOCC1. The molecule has 4 heteroatoms. The Morgan fingerprint density at radius 1 is 1.45 bits per heavy atom. The Labute approximate surface area is 66.0 Å². The van der Waals surface area contributed by atoms with Gasteiger partial charge in [0.05, 0.1) is 0 Å². The first-order valence-corrected chi connectivity index (χ1v) is 3.89. The fourth-order valence-corrected chi connectivity index (χ4v) is 1.28. The van der Waals surface area contributed by atoms with Gasteiger partial charge in [-0.1, -0.05) is 5.16 Å². The number of nitrogens with zero attached hydrogens (tertiary/aromatic N) is 1. The van der Waals surface area contributed by atoms with Crippen molar-refractivity contribution >= 4 is 5.84 Å². The van der Waals surface area contributed by atoms with Gasteiger partial charge in [-0.25, -0.2) is 0 Å². The average molecular weight is 158 g/mol. The van der Waals surface area contributed by atoms with Crippen molar-refractivity contribution in [3.63, 3.8) is 0 Å². The Bertz CT molecular complexity index is 139. The van der Waals surface area contributed by atoms with Crippen molar-refractivity contribution in [2.75, 3.05) is 13.2 Å². The summed E-state index contributed by atoms with van der Waals surface area (Å²) in [6, 6.07) is 0. The summed E-state index contributed by atoms with van der Waals surface area (Å²) < 4.78 is 5.23. The molecule has 1 aliphatic heterocycles. The second-order valence-electron chi connectivity index (χ2n) is 2.77. The van der Waals surface area contributed by atoms with Crippen molar-refractivity contribution in [3.8, 4) is 0 Å². The van der Waals surface area contributed by atoms with Gasteiger partial charge in [-0.05, 0) is 19.3 Å². The summed E-state index contributed by atoms with van der Waals surface area (Å²) in [5.41, 5.74) is 5.46. The lowest BCUT2D eigenvalue weighted by molar-refractivity contribution is 0.143. The molecule has 11 heavy (non-hydrogen) atoms. The van der Waals surface area contributed by atoms with Gasteiger partial charge in [0.1, 0.15) is 5.84 Å². The summed E-state index contributed by atoms with van der Waals surface area (Å²) >= 11 is 0. The highest BCUT2D eigenvalue weighted by Crippen LogP contribution is 2.15. The van der Waals surface area contributed by atoms with E-state index in [0.29, 0.717) is 5.84 Å². The van der Waals surface area contributed by atoms with Gasteiger partial charge in [0.15, 0.2) is 0 Å². The molecule has 1 rings (SSSR count). The molecule has 0 amide bonds. The van der Waals surface area contributed by atoms with Gasteiger partial charge in [0.2, 0.25) is 0 Å². The third-order valence-electron chi connectivity index (χ3n) is 1.99. The summed E-state index contributed by atoms with van der Waals surface area (Å²) in [6.07, 6.45) is 2.84. The molecule has 1 unspecified atom stereocenters. The molecule has 0 radical (unpaired) electrons. The minimum absolute atomic E-state index is 0.211. The normalized spacial score (nSPS) is 28.0. The van der Waals surface area contributed by atoms with Crippen LogP contribution in [-0.2, 0) is 4.74 Å². The van der Waals surface area contributed by atoms with Crippen molar-refractivity contribution in [1.82, 2.24) is 0 Å². The molecule has 1 atom stereocenters. The zero-order valence-electron chi connectivity index (χ0n) is 6.49. The lowest BCUT2D eigenvalue weighted by atomic mass is 10.00. The number of ether oxygens (including phenoxy) is 1. The number of amidine groups is 1. The Morgan fingerprint density at radius 3 is 3.00 bits per heavy atom. The topological polar surface area (TPSA) is 67.8 Å². The molecular formula is C7H14N2O2. The minimum Gasteiger partial charge on any atom is -0.409 e. The van der Waals surface area contributed by atoms with Crippen LogP contribution in [0, 0.1) is 5.92 Å². The Balaban J connectivity index is 2.42. The van der Waals surface area contributed by atoms with E-state index in [1.54, 1.807) is 0 Å². The molecule has 1 fully saturated rings. The monoisotopic (exact) mass is 158 g/mol. The molecule has 64 valence electrons. The first-order valence-electron chi connectivity index (χ1n) is 3.89. The van der Waals surface area contributed by atoms with E-state index in [1.807, 2.05) is 0 Å². The highest BCUT2D eigenvalue weighted by molar-refractivity contribution is 5.82. The van der Waals surface area contributed by atoms with Crippen LogP contribution in [0.2, 0.25) is 0 Å². The van der Waals surface area contributed by atoms with Crippen LogP contribution in [0.1, 0.15) is 19.3 Å². The number of nitrogens with two attached hydrogens (primary N) is 1. The summed E-state index contributed by atoms with van der Waals surface area (Å²) in [4.78, 5) is 0. The van der Waals surface area contributed by atoms with Gasteiger partial charge in [0.25, 0.3) is 0 Å². The van der Waals surface area contributed by atoms with Crippen molar-refractivity contribution < 1.29 is 9.94 Å². The lowest BCUT2D eigenvalue weighted by Gasteiger charge is -2.09. The quantitative estimate of drug-likeness (QED) is 0.253. The first kappa shape index (κ1) is 8.33. The second kappa shape index (κ2) is 4.18. The molecule has 0 aromatic heterocycles. The van der Waals surface area contributed by atoms with E-state index >= 15 is 0 Å². The number of oxime groups is 1. The number of hydrogen-bond acceptors (Lipinski definition) is 3. The third kappa shape index (κ3) is 2.38. The minimum atomic E-state index is 0.211. The second-order valence-corrected chi connectivity index (χ2v) is 2.77. The van der Waals surface area contributed by atoms with Crippen LogP contribution in [-0.4, -0.2) is 24.3 Å². The van der Waals surface area contributed by atoms with Crippen LogP contribution in [0.5, 0.6) is 0 Å². The third-order valence-corrected chi connectivity index (χ3v) is 1.99. The van der Waals surface area contributed by atoms with Gasteiger partial charge in [-0.15, -0.1) is 0 Å². The molecule has 0 aliphatic carbocycles. The summed E-state index contributed by atoms with van der Waals surface area (Å²) in [7, 11) is 0. The van der Waals surface area contributed by atoms with Crippen molar-refractivity contribution in [2.24, 2.45) is 16.8 Å². The number of hydrogen-bond donors (Lipinski definition) is 2. The maximum absolute atomic E-state index is 8.40. The molecule has 1 aliphatic rings. The Kier molecular flexibility index (Phi) is 3.16. The highest BCUT2D eigenvalue weighted by Gasteiger charge is 2.15. The van der Waals surface area contributed by atoms with E-state index in [-0.39, 0.29) is 5.92 Å². The standard InChI is InChI=1S/C7H14N2O2/c8-7(9-10)6-2-1-4-11-5-3-6/h6,10H,1-5H2,(H2,8,9). The van der Waals surface area contributed by atoms with E-state index in [1.165, 1.54) is 0 Å². The molecule has 0 spiro atoms. The maximum Gasteiger partial charge on any atom is 0.142 e. The smallest absolute Gasteiger partial charge is 0.142 e. The predicted octanol–water partition coefficient (Wildman–Crippen LogP) is 0.549. The van der Waals surface area contributed by atoms with E-state index in [0.717, 1.165) is 32.5 Å². The van der Waals surface area contributed by atoms with Crippen LogP contribution in [0.4, 0.5) is 0 Å². The largest absolute Gasteiger partial charge is 0.409 e. The van der Waals surface area contributed by atoms with Crippen molar-refractivity contribution in [3.05, 3.63) is 0 Å². The molecule has 3 N–H and O–H groups in total. The van der Waals surface area contributed by atoms with Gasteiger partial charge in [0, 0.05) is 19.1 Å². The van der Waals surface area contributed by atoms with Crippen LogP contribution in [0.3, 0.4) is 0 Å². The van der Waals surface area contributed by atoms with Crippen LogP contribution in [0.25, 0.3) is 0 Å². The molecule has 1 heterocycles. The van der Waals surface area contributed by atoms with Gasteiger partial charge in [-0.3, -0.25) is 0 Å². The van der Waals surface area contributed by atoms with Gasteiger partial charge >= 0.3 is 0 Å². The van der Waals surface area contributed by atoms with Crippen LogP contribution >= 0.6 is 0 Å². The Hall–Kier alpha value is -0.770. The lowest BCUT2D eigenvalue weighted by Crippen LogP contribution is -2.23. The van der Waals surface area contributed by atoms with E-state index in [2.05, 4.69) is 5.16 Å². The zero-order valence-corrected chi connectivity index (χ0v) is 6.49. The number of rotatable bonds is 1. The van der Waals surface area contributed by atoms with Crippen LogP contribution < -0.4 is 5.73 Å². The summed E-state index contributed by atoms with van der Waals surface area (Å²) in [5.74, 6) is 0.554. The fourth-order valence-electron chi connectivity index (χ4n) is 1.28. The highest BCUT2D eigenvalue weighted by atomic mass is 16.5. The maximum atomic E-state index is 8.40. The van der Waals surface area contributed by atoms with E-state index in [9.17, 15) is 0 Å². The molecule has 0 aromatic rings. The van der Waals surface area contributed by atoms with Gasteiger partial charge in [-0.2, -0.15) is 0 Å². The van der Waals surface area contributed by atoms with Crippen LogP contribution in [0.15, 0.2) is 5.16 Å². The fraction of sp³-hybridized carbons (Fsp3) is 0.857. The predicted molar refractivity (Wildman–Crippen MR) is 41.6 cm³/mol. The molecule has 1 saturated heterocycles.